The second-order valence-electron chi connectivity index (χ2n) is 5.02. The maximum Gasteiger partial charge on any atom is 1.00 e. The van der Waals surface area contributed by atoms with Crippen LogP contribution in [0.4, 0.5) is 0 Å². The van der Waals surface area contributed by atoms with Crippen LogP contribution in [0.15, 0.2) is 0 Å². The number of carbonyl (C=O) groups excluding carboxylic acids is 4. The summed E-state index contributed by atoms with van der Waals surface area (Å²) in [6.07, 6.45) is 1.49. The SMILES string of the molecule is C[CH-]C(NC(C)=O)C(=O)NC(C)C(=O)NCNC(=O)C(CO)NC.[Rb+]. The van der Waals surface area contributed by atoms with Crippen LogP contribution in [0.25, 0.3) is 0 Å². The van der Waals surface area contributed by atoms with E-state index in [1.807, 2.05) is 0 Å². The van der Waals surface area contributed by atoms with E-state index in [4.69, 9.17) is 5.11 Å². The minimum atomic E-state index is -0.858. The first-order valence-corrected chi connectivity index (χ1v) is 7.47. The number of aliphatic hydroxyl groups excluding tert-OH is 1. The molecule has 25 heavy (non-hydrogen) atoms. The Morgan fingerprint density at radius 1 is 1.04 bits per heavy atom. The summed E-state index contributed by atoms with van der Waals surface area (Å²) in [4.78, 5) is 46.4. The topological polar surface area (TPSA) is 149 Å². The van der Waals surface area contributed by atoms with E-state index in [2.05, 4.69) is 26.6 Å². The predicted octanol–water partition coefficient (Wildman–Crippen LogP) is -6.01. The van der Waals surface area contributed by atoms with Crippen molar-refractivity contribution in [3.63, 3.8) is 0 Å². The summed E-state index contributed by atoms with van der Waals surface area (Å²) in [5, 5.41) is 21.3. The van der Waals surface area contributed by atoms with Crippen molar-refractivity contribution >= 4 is 23.6 Å². The zero-order valence-electron chi connectivity index (χ0n) is 15.3. The van der Waals surface area contributed by atoms with Crippen molar-refractivity contribution in [2.45, 2.75) is 38.9 Å². The third-order valence-corrected chi connectivity index (χ3v) is 3.10. The van der Waals surface area contributed by atoms with E-state index in [9.17, 15) is 19.2 Å². The molecule has 0 aromatic carbocycles. The molecule has 0 aromatic heterocycles. The van der Waals surface area contributed by atoms with E-state index >= 15 is 0 Å². The zero-order chi connectivity index (χ0) is 18.7. The number of hydrogen-bond donors (Lipinski definition) is 6. The van der Waals surface area contributed by atoms with Gasteiger partial charge in [-0.1, -0.05) is 0 Å². The fourth-order valence-corrected chi connectivity index (χ4v) is 1.69. The molecule has 0 aliphatic heterocycles. The van der Waals surface area contributed by atoms with Gasteiger partial charge in [-0.05, 0) is 20.0 Å². The van der Waals surface area contributed by atoms with Gasteiger partial charge in [-0.3, -0.25) is 19.2 Å². The summed E-state index contributed by atoms with van der Waals surface area (Å²) in [6, 6.07) is -2.46. The van der Waals surface area contributed by atoms with Crippen molar-refractivity contribution in [1.82, 2.24) is 26.6 Å². The average Bonchev–Trinajstić information content (AvgIpc) is 2.53. The fraction of sp³-hybridized carbons (Fsp3) is 0.643. The molecule has 0 heterocycles. The molecule has 0 aliphatic rings. The summed E-state index contributed by atoms with van der Waals surface area (Å²) in [7, 11) is 1.52. The van der Waals surface area contributed by atoms with E-state index in [-0.39, 0.29) is 77.4 Å². The van der Waals surface area contributed by atoms with Gasteiger partial charge in [0.1, 0.15) is 12.1 Å². The van der Waals surface area contributed by atoms with Crippen molar-refractivity contribution in [3.05, 3.63) is 6.42 Å². The second kappa shape index (κ2) is 14.7. The Hall–Kier alpha value is -0.395. The Balaban J connectivity index is 0. The summed E-state index contributed by atoms with van der Waals surface area (Å²) in [6.45, 7) is 3.85. The number of carbonyl (C=O) groups is 4. The van der Waals surface area contributed by atoms with Gasteiger partial charge in [0, 0.05) is 6.92 Å². The quantitative estimate of drug-likeness (QED) is 0.150. The molecule has 0 aromatic rings. The Labute approximate surface area is 196 Å². The van der Waals surface area contributed by atoms with E-state index in [1.165, 1.54) is 27.3 Å². The summed E-state index contributed by atoms with van der Waals surface area (Å²) in [5.41, 5.74) is 0. The Kier molecular flexibility index (Phi) is 15.8. The van der Waals surface area contributed by atoms with Gasteiger partial charge < -0.3 is 38.1 Å². The largest absolute Gasteiger partial charge is 1.00 e. The molecular weight excluding hydrogens is 404 g/mol. The average molecular weight is 430 g/mol. The van der Waals surface area contributed by atoms with E-state index in [0.29, 0.717) is 0 Å². The monoisotopic (exact) mass is 429 g/mol. The van der Waals surface area contributed by atoms with Crippen LogP contribution >= 0.6 is 0 Å². The Bertz CT molecular complexity index is 459. The van der Waals surface area contributed by atoms with Crippen molar-refractivity contribution in [2.75, 3.05) is 20.3 Å². The zero-order valence-corrected chi connectivity index (χ0v) is 20.2. The normalized spacial score (nSPS) is 13.5. The van der Waals surface area contributed by atoms with E-state index in [1.54, 1.807) is 6.92 Å². The van der Waals surface area contributed by atoms with Crippen molar-refractivity contribution < 1.29 is 82.5 Å². The number of amides is 4. The summed E-state index contributed by atoms with van der Waals surface area (Å²) < 4.78 is 0. The third-order valence-electron chi connectivity index (χ3n) is 3.10. The van der Waals surface area contributed by atoms with Gasteiger partial charge in [-0.25, -0.2) is 0 Å². The number of hydrogen-bond acceptors (Lipinski definition) is 6. The van der Waals surface area contributed by atoms with Crippen LogP contribution in [0.5, 0.6) is 0 Å². The minimum absolute atomic E-state index is 0. The van der Waals surface area contributed by atoms with Gasteiger partial charge in [0.05, 0.1) is 13.3 Å². The van der Waals surface area contributed by atoms with Crippen LogP contribution in [-0.2, 0) is 19.2 Å². The van der Waals surface area contributed by atoms with Crippen LogP contribution < -0.4 is 84.8 Å². The number of likely N-dealkylation sites (N-methyl/N-ethyl adjacent to an activating group) is 1. The summed E-state index contributed by atoms with van der Waals surface area (Å²) >= 11 is 0. The van der Waals surface area contributed by atoms with Crippen LogP contribution in [0.2, 0.25) is 0 Å². The molecule has 3 atom stereocenters. The Morgan fingerprint density at radius 3 is 2.04 bits per heavy atom. The summed E-state index contributed by atoms with van der Waals surface area (Å²) in [5.74, 6) is -1.86. The van der Waals surface area contributed by atoms with E-state index in [0.717, 1.165) is 0 Å². The molecule has 0 saturated heterocycles. The molecule has 6 N–H and O–H groups in total. The van der Waals surface area contributed by atoms with Gasteiger partial charge >= 0.3 is 58.2 Å². The second-order valence-corrected chi connectivity index (χ2v) is 5.02. The van der Waals surface area contributed by atoms with Crippen molar-refractivity contribution in [2.24, 2.45) is 0 Å². The molecular formula is C14H26N5O5Rb. The molecule has 10 nitrogen and oxygen atoms in total. The maximum absolute atomic E-state index is 11.9. The Morgan fingerprint density at radius 2 is 1.60 bits per heavy atom. The van der Waals surface area contributed by atoms with Crippen molar-refractivity contribution in [1.29, 1.82) is 0 Å². The fourth-order valence-electron chi connectivity index (χ4n) is 1.69. The molecule has 0 radical (unpaired) electrons. The van der Waals surface area contributed by atoms with Crippen LogP contribution in [-0.4, -0.2) is 67.2 Å². The molecule has 0 spiro atoms. The molecule has 0 rings (SSSR count). The first kappa shape index (κ1) is 26.8. The van der Waals surface area contributed by atoms with Gasteiger partial charge in [0.25, 0.3) is 0 Å². The van der Waals surface area contributed by atoms with Crippen molar-refractivity contribution in [3.8, 4) is 0 Å². The molecule has 0 fully saturated rings. The number of nitrogens with one attached hydrogen (secondary N) is 5. The maximum atomic E-state index is 11.9. The predicted molar refractivity (Wildman–Crippen MR) is 86.3 cm³/mol. The van der Waals surface area contributed by atoms with Crippen LogP contribution in [0, 0.1) is 6.42 Å². The van der Waals surface area contributed by atoms with Gasteiger partial charge in [-0.15, -0.1) is 0 Å². The molecule has 0 aliphatic carbocycles. The third kappa shape index (κ3) is 11.0. The van der Waals surface area contributed by atoms with E-state index < -0.39 is 35.8 Å². The molecule has 138 valence electrons. The van der Waals surface area contributed by atoms with Crippen LogP contribution in [0.1, 0.15) is 20.8 Å². The number of aliphatic hydroxyl groups is 1. The number of rotatable bonds is 10. The smallest absolute Gasteiger partial charge is 0.394 e. The van der Waals surface area contributed by atoms with Crippen LogP contribution in [0.3, 0.4) is 0 Å². The minimum Gasteiger partial charge on any atom is -0.394 e. The molecule has 4 amide bonds. The molecule has 0 saturated carbocycles. The molecule has 3 unspecified atom stereocenters. The van der Waals surface area contributed by atoms with Gasteiger partial charge in [-0.2, -0.15) is 6.92 Å². The standard InChI is InChI=1S/C14H26N5O5.Rb/c1-5-10(19-9(3)21)14(24)18-8(2)12(22)16-7-17-13(23)11(6-20)15-4;/h5,8,10-11,15,20H,6-7H2,1-4H3,(H,16,22)(H,17,23)(H,18,24)(H,19,21);/q-1;+1. The van der Waals surface area contributed by atoms with Gasteiger partial charge in [0.2, 0.25) is 23.6 Å². The molecule has 11 heteroatoms. The molecule has 0 bridgehead atoms. The first-order valence-electron chi connectivity index (χ1n) is 7.47. The van der Waals surface area contributed by atoms with Gasteiger partial charge in [0.15, 0.2) is 0 Å². The first-order chi connectivity index (χ1) is 11.3.